The minimum absolute atomic E-state index is 0.0337. The number of nitrogens with one attached hydrogen (secondary N) is 1. The van der Waals surface area contributed by atoms with Crippen molar-refractivity contribution in [3.05, 3.63) is 52.0 Å². The van der Waals surface area contributed by atoms with E-state index in [-0.39, 0.29) is 21.6 Å². The molecule has 0 fully saturated rings. The van der Waals surface area contributed by atoms with E-state index in [0.717, 1.165) is 24.4 Å². The Morgan fingerprint density at radius 2 is 1.86 bits per heavy atom. The SMILES string of the molecule is O=C(Nc1ccc(C(F)(F)F)cc1Cl)c1cnc(Cl)cn1. The van der Waals surface area contributed by atoms with Crippen molar-refractivity contribution in [3.63, 3.8) is 0 Å². The largest absolute Gasteiger partial charge is 0.416 e. The van der Waals surface area contributed by atoms with Gasteiger partial charge in [0.1, 0.15) is 10.8 Å². The molecule has 1 amide bonds. The fourth-order valence-electron chi connectivity index (χ4n) is 1.41. The Bertz CT molecular complexity index is 674. The normalized spacial score (nSPS) is 11.3. The van der Waals surface area contributed by atoms with E-state index < -0.39 is 17.6 Å². The third kappa shape index (κ3) is 3.83. The van der Waals surface area contributed by atoms with Gasteiger partial charge >= 0.3 is 6.18 Å². The summed E-state index contributed by atoms with van der Waals surface area (Å²) in [5, 5.41) is 2.22. The number of nitrogens with zero attached hydrogens (tertiary/aromatic N) is 2. The first kappa shape index (κ1) is 15.5. The number of amides is 1. The number of aromatic nitrogens is 2. The first-order valence-corrected chi connectivity index (χ1v) is 6.18. The quantitative estimate of drug-likeness (QED) is 0.900. The van der Waals surface area contributed by atoms with Crippen LogP contribution in [0.1, 0.15) is 16.1 Å². The number of hydrogen-bond donors (Lipinski definition) is 1. The monoisotopic (exact) mass is 335 g/mol. The summed E-state index contributed by atoms with van der Waals surface area (Å²) in [6, 6.07) is 2.60. The molecule has 0 spiro atoms. The van der Waals surface area contributed by atoms with Crippen LogP contribution in [0.4, 0.5) is 18.9 Å². The van der Waals surface area contributed by atoms with Crippen molar-refractivity contribution in [1.82, 2.24) is 9.97 Å². The van der Waals surface area contributed by atoms with E-state index in [1.807, 2.05) is 0 Å². The van der Waals surface area contributed by atoms with Crippen LogP contribution in [0.2, 0.25) is 10.2 Å². The molecule has 0 aliphatic heterocycles. The Kier molecular flexibility index (Phi) is 4.34. The first-order valence-electron chi connectivity index (χ1n) is 5.43. The van der Waals surface area contributed by atoms with Crippen molar-refractivity contribution in [2.75, 3.05) is 5.32 Å². The molecule has 9 heteroatoms. The van der Waals surface area contributed by atoms with Crippen molar-refractivity contribution in [2.45, 2.75) is 6.18 Å². The average molecular weight is 336 g/mol. The molecule has 1 heterocycles. The smallest absolute Gasteiger partial charge is 0.319 e. The van der Waals surface area contributed by atoms with Gasteiger partial charge in [-0.3, -0.25) is 4.79 Å². The van der Waals surface area contributed by atoms with Crippen LogP contribution >= 0.6 is 23.2 Å². The van der Waals surface area contributed by atoms with E-state index in [2.05, 4.69) is 15.3 Å². The molecular formula is C12H6Cl2F3N3O. The van der Waals surface area contributed by atoms with E-state index >= 15 is 0 Å². The zero-order valence-corrected chi connectivity index (χ0v) is 11.6. The maximum Gasteiger partial charge on any atom is 0.416 e. The number of carbonyl (C=O) groups excluding carboxylic acids is 1. The van der Waals surface area contributed by atoms with E-state index in [4.69, 9.17) is 23.2 Å². The van der Waals surface area contributed by atoms with Crippen LogP contribution in [0.3, 0.4) is 0 Å². The fraction of sp³-hybridized carbons (Fsp3) is 0.0833. The van der Waals surface area contributed by atoms with Gasteiger partial charge in [0.15, 0.2) is 0 Å². The van der Waals surface area contributed by atoms with Crippen molar-refractivity contribution in [1.29, 1.82) is 0 Å². The van der Waals surface area contributed by atoms with E-state index in [1.165, 1.54) is 6.20 Å². The third-order valence-corrected chi connectivity index (χ3v) is 2.91. The number of alkyl halides is 3. The molecule has 0 aliphatic rings. The maximum atomic E-state index is 12.5. The summed E-state index contributed by atoms with van der Waals surface area (Å²) >= 11 is 11.2. The third-order valence-electron chi connectivity index (χ3n) is 2.40. The highest BCUT2D eigenvalue weighted by molar-refractivity contribution is 6.34. The summed E-state index contributed by atoms with van der Waals surface area (Å²) in [7, 11) is 0. The zero-order chi connectivity index (χ0) is 15.6. The second-order valence-electron chi connectivity index (χ2n) is 3.87. The molecule has 1 N–H and O–H groups in total. The molecule has 0 aliphatic carbocycles. The van der Waals surface area contributed by atoms with Crippen molar-refractivity contribution < 1.29 is 18.0 Å². The van der Waals surface area contributed by atoms with Gasteiger partial charge in [0, 0.05) is 0 Å². The highest BCUT2D eigenvalue weighted by Crippen LogP contribution is 2.33. The number of anilines is 1. The van der Waals surface area contributed by atoms with Crippen LogP contribution in [0, 0.1) is 0 Å². The Morgan fingerprint density at radius 1 is 1.14 bits per heavy atom. The molecule has 2 aromatic rings. The number of carbonyl (C=O) groups is 1. The van der Waals surface area contributed by atoms with Crippen LogP contribution in [-0.4, -0.2) is 15.9 Å². The lowest BCUT2D eigenvalue weighted by atomic mass is 10.2. The molecule has 1 aromatic carbocycles. The molecule has 2 rings (SSSR count). The lowest BCUT2D eigenvalue weighted by Gasteiger charge is -2.10. The highest BCUT2D eigenvalue weighted by Gasteiger charge is 2.31. The van der Waals surface area contributed by atoms with E-state index in [0.29, 0.717) is 0 Å². The molecule has 0 radical (unpaired) electrons. The predicted octanol–water partition coefficient (Wildman–Crippen LogP) is 4.05. The van der Waals surface area contributed by atoms with Gasteiger partial charge < -0.3 is 5.32 Å². The minimum atomic E-state index is -4.51. The van der Waals surface area contributed by atoms with Crippen LogP contribution in [0.25, 0.3) is 0 Å². The van der Waals surface area contributed by atoms with Crippen LogP contribution < -0.4 is 5.32 Å². The topological polar surface area (TPSA) is 54.9 Å². The molecule has 21 heavy (non-hydrogen) atoms. The molecule has 0 atom stereocenters. The van der Waals surface area contributed by atoms with Gasteiger partial charge in [0.2, 0.25) is 0 Å². The van der Waals surface area contributed by atoms with Crippen LogP contribution in [0.15, 0.2) is 30.6 Å². The van der Waals surface area contributed by atoms with Crippen LogP contribution in [-0.2, 0) is 6.18 Å². The molecule has 110 valence electrons. The average Bonchev–Trinajstić information content (AvgIpc) is 2.40. The minimum Gasteiger partial charge on any atom is -0.319 e. The summed E-state index contributed by atoms with van der Waals surface area (Å²) in [5.74, 6) is -0.666. The predicted molar refractivity (Wildman–Crippen MR) is 71.4 cm³/mol. The summed E-state index contributed by atoms with van der Waals surface area (Å²) < 4.78 is 37.5. The van der Waals surface area contributed by atoms with E-state index in [9.17, 15) is 18.0 Å². The summed E-state index contributed by atoms with van der Waals surface area (Å²) in [6.07, 6.45) is -2.20. The standard InChI is InChI=1S/C12H6Cl2F3N3O/c13-7-3-6(12(15,16)17)1-2-8(7)20-11(21)9-4-19-10(14)5-18-9/h1-5H,(H,20,21). The summed E-state index contributed by atoms with van der Waals surface area (Å²) in [5.41, 5.74) is -0.918. The Balaban J connectivity index is 2.20. The molecular weight excluding hydrogens is 330 g/mol. The Hall–Kier alpha value is -1.86. The van der Waals surface area contributed by atoms with E-state index in [1.54, 1.807) is 0 Å². The second-order valence-corrected chi connectivity index (χ2v) is 4.67. The molecule has 0 bridgehead atoms. The van der Waals surface area contributed by atoms with Gasteiger partial charge in [-0.25, -0.2) is 9.97 Å². The second kappa shape index (κ2) is 5.87. The molecule has 0 saturated heterocycles. The first-order chi connectivity index (χ1) is 9.77. The number of halogens is 5. The maximum absolute atomic E-state index is 12.5. The summed E-state index contributed by atoms with van der Waals surface area (Å²) in [6.45, 7) is 0. The lowest BCUT2D eigenvalue weighted by Crippen LogP contribution is -2.14. The lowest BCUT2D eigenvalue weighted by molar-refractivity contribution is -0.137. The van der Waals surface area contributed by atoms with Gasteiger partial charge in [-0.15, -0.1) is 0 Å². The van der Waals surface area contributed by atoms with Gasteiger partial charge in [0.05, 0.1) is 28.7 Å². The molecule has 0 saturated carbocycles. The fourth-order valence-corrected chi connectivity index (χ4v) is 1.73. The van der Waals surface area contributed by atoms with Gasteiger partial charge in [-0.05, 0) is 18.2 Å². The molecule has 1 aromatic heterocycles. The Labute approximate surface area is 126 Å². The molecule has 0 unspecified atom stereocenters. The van der Waals surface area contributed by atoms with Crippen molar-refractivity contribution >= 4 is 34.8 Å². The van der Waals surface area contributed by atoms with Gasteiger partial charge in [0.25, 0.3) is 5.91 Å². The zero-order valence-electron chi connectivity index (χ0n) is 10.1. The van der Waals surface area contributed by atoms with Crippen LogP contribution in [0.5, 0.6) is 0 Å². The highest BCUT2D eigenvalue weighted by atomic mass is 35.5. The van der Waals surface area contributed by atoms with Crippen molar-refractivity contribution in [3.8, 4) is 0 Å². The Morgan fingerprint density at radius 3 is 2.38 bits per heavy atom. The number of benzene rings is 1. The van der Waals surface area contributed by atoms with Gasteiger partial charge in [-0.1, -0.05) is 23.2 Å². The molecule has 4 nitrogen and oxygen atoms in total. The van der Waals surface area contributed by atoms with Gasteiger partial charge in [-0.2, -0.15) is 13.2 Å². The number of rotatable bonds is 2. The number of hydrogen-bond acceptors (Lipinski definition) is 3. The summed E-state index contributed by atoms with van der Waals surface area (Å²) in [4.78, 5) is 19.2. The van der Waals surface area contributed by atoms with Crippen molar-refractivity contribution in [2.24, 2.45) is 0 Å².